The van der Waals surface area contributed by atoms with Crippen LogP contribution in [0.2, 0.25) is 0 Å². The lowest BCUT2D eigenvalue weighted by Gasteiger charge is -2.33. The number of carboxylic acid groups (broad SMARTS) is 1. The number of fused-ring (bicyclic) bond motifs is 6. The molecule has 4 atom stereocenters. The van der Waals surface area contributed by atoms with Crippen LogP contribution in [-0.4, -0.2) is 140 Å². The van der Waals surface area contributed by atoms with Gasteiger partial charge in [0.1, 0.15) is 18.8 Å². The van der Waals surface area contributed by atoms with Crippen LogP contribution in [0.3, 0.4) is 0 Å². The number of benzene rings is 2. The SMILES string of the molecule is CCS(=O)(=O)n1c2c(c3cc(C(=O)N4CCC[C@@H]4C(=O)NCCF)ccc31)CC(C1CCOCC1)CC2.CCS(=O)(=O)n1c2c(c3cc(C(=O)N4CCC[C@@H]4C(=O)O)ccc31)CC(C1CCOCC1)CC2. The minimum atomic E-state index is -3.53. The van der Waals surface area contributed by atoms with Crippen molar-refractivity contribution >= 4 is 65.5 Å². The first kappa shape index (κ1) is 51.1. The third kappa shape index (κ3) is 10.0. The van der Waals surface area contributed by atoms with Crippen LogP contribution in [-0.2, 0) is 64.8 Å². The molecule has 0 radical (unpaired) electrons. The summed E-state index contributed by atoms with van der Waals surface area (Å²) in [4.78, 5) is 54.0. The number of halogens is 1. The van der Waals surface area contributed by atoms with Gasteiger partial charge in [-0.3, -0.25) is 14.4 Å². The number of hydrogen-bond acceptors (Lipinski definition) is 10. The molecule has 2 N–H and O–H groups in total. The lowest BCUT2D eigenvalue weighted by molar-refractivity contribution is -0.141. The number of rotatable bonds is 12. The molecule has 2 aromatic heterocycles. The third-order valence-corrected chi connectivity index (χ3v) is 19.8. The van der Waals surface area contributed by atoms with Crippen molar-refractivity contribution in [3.05, 3.63) is 70.0 Å². The van der Waals surface area contributed by atoms with Crippen LogP contribution in [0.1, 0.15) is 121 Å². The first-order chi connectivity index (χ1) is 34.2. The molecule has 4 saturated heterocycles. The van der Waals surface area contributed by atoms with Crippen molar-refractivity contribution in [3.63, 3.8) is 0 Å². The largest absolute Gasteiger partial charge is 0.480 e. The number of amides is 3. The molecular weight excluding hydrogens is 954 g/mol. The Labute approximate surface area is 415 Å². The monoisotopic (exact) mass is 1020 g/mol. The van der Waals surface area contributed by atoms with Gasteiger partial charge in [0, 0.05) is 79.3 Å². The molecule has 0 bridgehead atoms. The molecule has 19 heteroatoms. The topological polar surface area (TPSA) is 204 Å². The van der Waals surface area contributed by atoms with E-state index in [1.54, 1.807) is 49.1 Å². The summed E-state index contributed by atoms with van der Waals surface area (Å²) in [7, 11) is -7.04. The van der Waals surface area contributed by atoms with Crippen LogP contribution >= 0.6 is 0 Å². The fourth-order valence-corrected chi connectivity index (χ4v) is 15.1. The maximum absolute atomic E-state index is 13.6. The van der Waals surface area contributed by atoms with Gasteiger partial charge in [0.2, 0.25) is 26.0 Å². The summed E-state index contributed by atoms with van der Waals surface area (Å²) in [6.45, 7) is 6.56. The number of carbonyl (C=O) groups is 4. The van der Waals surface area contributed by atoms with E-state index in [-0.39, 0.29) is 35.8 Å². The number of hydrogen-bond donors (Lipinski definition) is 2. The second kappa shape index (κ2) is 21.3. The summed E-state index contributed by atoms with van der Waals surface area (Å²) in [6.07, 6.45) is 11.3. The molecular formula is C52H68FN5O11S2. The van der Waals surface area contributed by atoms with Crippen molar-refractivity contribution in [2.24, 2.45) is 23.7 Å². The molecule has 0 spiro atoms. The number of aliphatic carboxylic acids is 1. The van der Waals surface area contributed by atoms with E-state index in [2.05, 4.69) is 5.32 Å². The van der Waals surface area contributed by atoms with Crippen molar-refractivity contribution in [1.82, 2.24) is 23.1 Å². The standard InChI is InChI=1S/C27H36FN3O5S.C25H32N2O6S/c1-2-37(34,35)31-23-7-5-19(18-9-14-36-15-10-18)16-21(23)22-17-20(6-8-24(22)31)27(33)30-13-3-4-25(30)26(32)29-12-11-28;1-2-34(31,32)27-21-7-5-17(16-9-12-33-13-10-16)14-19(21)20-15-18(6-8-22(20)27)24(28)26-11-3-4-23(26)25(29)30/h6,8,17-19,25H,2-5,7,9-16H2,1H3,(H,29,32);6,8,15-17,23H,2-5,7,9-14H2,1H3,(H,29,30)/t19?,25-;17?,23-/m11/s1. The van der Waals surface area contributed by atoms with Crippen LogP contribution in [0.25, 0.3) is 21.8 Å². The number of alkyl halides is 1. The first-order valence-corrected chi connectivity index (χ1v) is 29.0. The second-order valence-electron chi connectivity index (χ2n) is 20.2. The van der Waals surface area contributed by atoms with E-state index in [1.165, 1.54) is 12.8 Å². The number of nitrogens with zero attached hydrogens (tertiary/aromatic N) is 4. The predicted molar refractivity (Wildman–Crippen MR) is 266 cm³/mol. The van der Waals surface area contributed by atoms with Crippen LogP contribution in [0.15, 0.2) is 36.4 Å². The van der Waals surface area contributed by atoms with Gasteiger partial charge in [-0.1, -0.05) is 0 Å². The Morgan fingerprint density at radius 1 is 0.634 bits per heavy atom. The van der Waals surface area contributed by atoms with Gasteiger partial charge >= 0.3 is 5.97 Å². The minimum Gasteiger partial charge on any atom is -0.480 e. The summed E-state index contributed by atoms with van der Waals surface area (Å²) in [5, 5.41) is 13.7. The fraction of sp³-hybridized carbons (Fsp3) is 0.615. The minimum absolute atomic E-state index is 0.00135. The maximum atomic E-state index is 13.6. The second-order valence-corrected chi connectivity index (χ2v) is 24.4. The summed E-state index contributed by atoms with van der Waals surface area (Å²) in [5.41, 5.74) is 5.84. The van der Waals surface area contributed by atoms with E-state index >= 15 is 0 Å². The van der Waals surface area contributed by atoms with E-state index in [0.717, 1.165) is 111 Å². The van der Waals surface area contributed by atoms with Gasteiger partial charge in [0.25, 0.3) is 11.8 Å². The summed E-state index contributed by atoms with van der Waals surface area (Å²) >= 11 is 0. The van der Waals surface area contributed by atoms with E-state index in [1.807, 2.05) is 6.07 Å². The van der Waals surface area contributed by atoms with Gasteiger partial charge < -0.3 is 29.7 Å². The Hall–Kier alpha value is -4.85. The van der Waals surface area contributed by atoms with Crippen molar-refractivity contribution in [2.45, 2.75) is 116 Å². The van der Waals surface area contributed by atoms with E-state index in [9.17, 15) is 45.5 Å². The molecule has 0 saturated carbocycles. The van der Waals surface area contributed by atoms with Crippen molar-refractivity contribution in [3.8, 4) is 0 Å². The molecule has 6 aliphatic rings. The van der Waals surface area contributed by atoms with Crippen LogP contribution in [0.4, 0.5) is 4.39 Å². The molecule has 4 fully saturated rings. The average molecular weight is 1020 g/mol. The van der Waals surface area contributed by atoms with Gasteiger partial charge in [-0.2, -0.15) is 0 Å². The highest BCUT2D eigenvalue weighted by molar-refractivity contribution is 7.90. The highest BCUT2D eigenvalue weighted by Gasteiger charge is 2.39. The van der Waals surface area contributed by atoms with Crippen LogP contribution < -0.4 is 5.32 Å². The number of likely N-dealkylation sites (tertiary alicyclic amines) is 2. The Balaban J connectivity index is 0.000000176. The van der Waals surface area contributed by atoms with E-state index in [4.69, 9.17) is 9.47 Å². The van der Waals surface area contributed by atoms with Crippen LogP contribution in [0, 0.1) is 23.7 Å². The molecule has 4 aliphatic heterocycles. The van der Waals surface area contributed by atoms with Gasteiger partial charge in [0.05, 0.1) is 22.5 Å². The van der Waals surface area contributed by atoms with Gasteiger partial charge in [-0.25, -0.2) is 34.0 Å². The average Bonchev–Trinajstić information content (AvgIpc) is 4.22. The smallest absolute Gasteiger partial charge is 0.326 e. The Morgan fingerprint density at radius 2 is 1.07 bits per heavy atom. The number of carbonyl (C=O) groups excluding carboxylic acids is 3. The summed E-state index contributed by atoms with van der Waals surface area (Å²) in [6, 6.07) is 8.97. The Bertz CT molecular complexity index is 2900. The number of nitrogens with one attached hydrogen (secondary N) is 1. The lowest BCUT2D eigenvalue weighted by Crippen LogP contribution is -2.46. The summed E-state index contributed by atoms with van der Waals surface area (Å²) in [5.74, 6) is 0.174. The predicted octanol–water partition coefficient (Wildman–Crippen LogP) is 6.12. The zero-order chi connectivity index (χ0) is 50.2. The molecule has 2 aromatic carbocycles. The molecule has 6 heterocycles. The normalized spacial score (nSPS) is 23.3. The number of aromatic nitrogens is 2. The molecule has 10 rings (SSSR count). The lowest BCUT2D eigenvalue weighted by atomic mass is 9.75. The van der Waals surface area contributed by atoms with Gasteiger partial charge in [-0.15, -0.1) is 0 Å². The van der Waals surface area contributed by atoms with E-state index in [0.29, 0.717) is 97.4 Å². The quantitative estimate of drug-likeness (QED) is 0.166. The molecule has 2 unspecified atom stereocenters. The van der Waals surface area contributed by atoms with Crippen molar-refractivity contribution < 1.29 is 55.0 Å². The first-order valence-electron chi connectivity index (χ1n) is 25.8. The van der Waals surface area contributed by atoms with Crippen molar-refractivity contribution in [2.75, 3.05) is 64.2 Å². The van der Waals surface area contributed by atoms with Crippen LogP contribution in [0.5, 0.6) is 0 Å². The highest BCUT2D eigenvalue weighted by Crippen LogP contribution is 2.43. The number of carboxylic acids is 1. The molecule has 4 aromatic rings. The zero-order valence-corrected chi connectivity index (χ0v) is 42.5. The van der Waals surface area contributed by atoms with Gasteiger partial charge in [-0.05, 0) is 175 Å². The van der Waals surface area contributed by atoms with E-state index < -0.39 is 44.8 Å². The molecule has 386 valence electrons. The Kier molecular flexibility index (Phi) is 15.3. The van der Waals surface area contributed by atoms with Gasteiger partial charge in [0.15, 0.2) is 0 Å². The zero-order valence-electron chi connectivity index (χ0n) is 40.9. The molecule has 2 aliphatic carbocycles. The highest BCUT2D eigenvalue weighted by atomic mass is 32.2. The molecule has 16 nitrogen and oxygen atoms in total. The Morgan fingerprint density at radius 3 is 1.49 bits per heavy atom. The third-order valence-electron chi connectivity index (χ3n) is 16.4. The molecule has 71 heavy (non-hydrogen) atoms. The molecule has 3 amide bonds. The maximum Gasteiger partial charge on any atom is 0.326 e. The number of ether oxygens (including phenoxy) is 2. The fourth-order valence-electron chi connectivity index (χ4n) is 12.6. The summed E-state index contributed by atoms with van der Waals surface area (Å²) < 4.78 is 79.2. The van der Waals surface area contributed by atoms with Crippen molar-refractivity contribution in [1.29, 1.82) is 0 Å².